The molecule has 0 heterocycles. The van der Waals surface area contributed by atoms with Crippen LogP contribution in [0.25, 0.3) is 0 Å². The molecule has 0 N–H and O–H groups in total. The van der Waals surface area contributed by atoms with E-state index in [1.54, 1.807) is 0 Å². The van der Waals surface area contributed by atoms with Crippen LogP contribution in [0.4, 0.5) is 0 Å². The Balaban J connectivity index is 1.71. The lowest BCUT2D eigenvalue weighted by Crippen LogP contribution is -2.17. The number of hydrogen-bond donors (Lipinski definition) is 0. The Morgan fingerprint density at radius 1 is 1.08 bits per heavy atom. The lowest BCUT2D eigenvalue weighted by atomic mass is 10.1. The first-order valence-electron chi connectivity index (χ1n) is 8.13. The molecule has 0 fully saturated rings. The lowest BCUT2D eigenvalue weighted by Gasteiger charge is -2.11. The van der Waals surface area contributed by atoms with E-state index in [0.29, 0.717) is 24.5 Å². The fraction of sp³-hybridized carbons (Fsp3) is 0.350. The number of aryl methyl sites for hydroxylation is 1. The zero-order chi connectivity index (χ0) is 17.4. The molecule has 3 nitrogen and oxygen atoms in total. The molecule has 4 heteroatoms. The topological polar surface area (TPSA) is 43.4 Å². The number of ketones is 1. The SMILES string of the molecule is Cc1ccc(S(=O)CC(=O)C[C@@H](C)COCc2ccccc2)cc1. The summed E-state index contributed by atoms with van der Waals surface area (Å²) in [7, 11) is -1.26. The molecule has 0 bridgehead atoms. The molecule has 2 aromatic rings. The molecule has 0 spiro atoms. The number of ether oxygens (including phenoxy) is 1. The smallest absolute Gasteiger partial charge is 0.146 e. The Morgan fingerprint density at radius 2 is 1.75 bits per heavy atom. The maximum Gasteiger partial charge on any atom is 0.146 e. The molecule has 24 heavy (non-hydrogen) atoms. The van der Waals surface area contributed by atoms with Gasteiger partial charge < -0.3 is 4.74 Å². The predicted molar refractivity (Wildman–Crippen MR) is 97.3 cm³/mol. The number of rotatable bonds is 9. The van der Waals surface area contributed by atoms with Gasteiger partial charge in [0.1, 0.15) is 5.78 Å². The van der Waals surface area contributed by atoms with Crippen molar-refractivity contribution < 1.29 is 13.7 Å². The molecule has 128 valence electrons. The largest absolute Gasteiger partial charge is 0.376 e. The van der Waals surface area contributed by atoms with Crippen LogP contribution >= 0.6 is 0 Å². The summed E-state index contributed by atoms with van der Waals surface area (Å²) in [4.78, 5) is 12.8. The Labute approximate surface area is 146 Å². The highest BCUT2D eigenvalue weighted by atomic mass is 32.2. The van der Waals surface area contributed by atoms with Crippen LogP contribution in [0.15, 0.2) is 59.5 Å². The van der Waals surface area contributed by atoms with Crippen LogP contribution in [0.5, 0.6) is 0 Å². The molecule has 1 unspecified atom stereocenters. The first kappa shape index (κ1) is 18.6. The third kappa shape index (κ3) is 6.38. The fourth-order valence-electron chi connectivity index (χ4n) is 2.38. The van der Waals surface area contributed by atoms with Crippen LogP contribution in [0, 0.1) is 12.8 Å². The van der Waals surface area contributed by atoms with E-state index in [0.717, 1.165) is 11.1 Å². The van der Waals surface area contributed by atoms with Crippen molar-refractivity contribution in [1.82, 2.24) is 0 Å². The first-order chi connectivity index (χ1) is 11.5. The standard InChI is InChI=1S/C20H24O3S/c1-16-8-10-20(11-9-16)24(22)15-19(21)12-17(2)13-23-14-18-6-4-3-5-7-18/h3-11,17H,12-15H2,1-2H3/t17-,24?/m1/s1. The highest BCUT2D eigenvalue weighted by Crippen LogP contribution is 2.11. The van der Waals surface area contributed by atoms with Crippen LogP contribution in [-0.2, 0) is 26.9 Å². The van der Waals surface area contributed by atoms with E-state index in [1.165, 1.54) is 0 Å². The van der Waals surface area contributed by atoms with E-state index < -0.39 is 10.8 Å². The number of carbonyl (C=O) groups excluding carboxylic acids is 1. The summed E-state index contributed by atoms with van der Waals surface area (Å²) in [5.41, 5.74) is 2.24. The van der Waals surface area contributed by atoms with Crippen molar-refractivity contribution in [2.45, 2.75) is 31.8 Å². The Bertz CT molecular complexity index is 665. The first-order valence-corrected chi connectivity index (χ1v) is 9.45. The van der Waals surface area contributed by atoms with Crippen LogP contribution in [0.1, 0.15) is 24.5 Å². The Hall–Kier alpha value is -1.78. The van der Waals surface area contributed by atoms with Gasteiger partial charge in [-0.15, -0.1) is 0 Å². The average molecular weight is 344 g/mol. The molecule has 0 aliphatic rings. The monoisotopic (exact) mass is 344 g/mol. The van der Waals surface area contributed by atoms with Crippen molar-refractivity contribution in [3.05, 3.63) is 65.7 Å². The summed E-state index contributed by atoms with van der Waals surface area (Å²) < 4.78 is 17.9. The molecular formula is C20H24O3S. The van der Waals surface area contributed by atoms with Gasteiger partial charge in [-0.1, -0.05) is 55.0 Å². The second-order valence-electron chi connectivity index (χ2n) is 6.15. The van der Waals surface area contributed by atoms with Crippen molar-refractivity contribution in [2.75, 3.05) is 12.4 Å². The van der Waals surface area contributed by atoms with E-state index in [9.17, 15) is 9.00 Å². The average Bonchev–Trinajstić information content (AvgIpc) is 2.56. The second kappa shape index (κ2) is 9.50. The van der Waals surface area contributed by atoms with E-state index in [4.69, 9.17) is 4.74 Å². The predicted octanol–water partition coefficient (Wildman–Crippen LogP) is 3.91. The molecule has 2 aromatic carbocycles. The fourth-order valence-corrected chi connectivity index (χ4v) is 3.39. The summed E-state index contributed by atoms with van der Waals surface area (Å²) in [6, 6.07) is 17.4. The van der Waals surface area contributed by atoms with E-state index in [-0.39, 0.29) is 17.5 Å². The van der Waals surface area contributed by atoms with Crippen molar-refractivity contribution in [1.29, 1.82) is 0 Å². The summed E-state index contributed by atoms with van der Waals surface area (Å²) in [5.74, 6) is 0.215. The van der Waals surface area contributed by atoms with Crippen molar-refractivity contribution in [3.63, 3.8) is 0 Å². The minimum absolute atomic E-state index is 0.0183. The minimum atomic E-state index is -1.26. The van der Waals surface area contributed by atoms with E-state index in [1.807, 2.05) is 68.4 Å². The molecule has 0 saturated heterocycles. The number of hydrogen-bond acceptors (Lipinski definition) is 3. The van der Waals surface area contributed by atoms with Crippen LogP contribution in [0.3, 0.4) is 0 Å². The Morgan fingerprint density at radius 3 is 2.42 bits per heavy atom. The Kier molecular flexibility index (Phi) is 7.35. The van der Waals surface area contributed by atoms with Gasteiger partial charge in [-0.3, -0.25) is 9.00 Å². The second-order valence-corrected chi connectivity index (χ2v) is 7.60. The van der Waals surface area contributed by atoms with Crippen molar-refractivity contribution in [3.8, 4) is 0 Å². The summed E-state index contributed by atoms with van der Waals surface area (Å²) in [6.45, 7) is 5.04. The lowest BCUT2D eigenvalue weighted by molar-refractivity contribution is -0.117. The highest BCUT2D eigenvalue weighted by molar-refractivity contribution is 7.85. The maximum atomic E-state index is 12.2. The van der Waals surface area contributed by atoms with Gasteiger partial charge in [0.25, 0.3) is 0 Å². The number of benzene rings is 2. The van der Waals surface area contributed by atoms with Gasteiger partial charge in [0.2, 0.25) is 0 Å². The van der Waals surface area contributed by atoms with Crippen LogP contribution < -0.4 is 0 Å². The van der Waals surface area contributed by atoms with Gasteiger partial charge in [0.05, 0.1) is 23.2 Å². The zero-order valence-electron chi connectivity index (χ0n) is 14.2. The molecule has 0 radical (unpaired) electrons. The van der Waals surface area contributed by atoms with Crippen molar-refractivity contribution in [2.24, 2.45) is 5.92 Å². The maximum absolute atomic E-state index is 12.2. The van der Waals surface area contributed by atoms with Crippen molar-refractivity contribution >= 4 is 16.6 Å². The van der Waals surface area contributed by atoms with Gasteiger partial charge in [-0.25, -0.2) is 0 Å². The van der Waals surface area contributed by atoms with Crippen LogP contribution in [-0.4, -0.2) is 22.4 Å². The molecule has 0 saturated carbocycles. The summed E-state index contributed by atoms with van der Waals surface area (Å²) in [5, 5.41) is 0. The van der Waals surface area contributed by atoms with Gasteiger partial charge in [0.15, 0.2) is 0 Å². The normalized spacial score (nSPS) is 13.4. The molecule has 0 aliphatic heterocycles. The molecular weight excluding hydrogens is 320 g/mol. The summed E-state index contributed by atoms with van der Waals surface area (Å²) in [6.07, 6.45) is 0.395. The minimum Gasteiger partial charge on any atom is -0.376 e. The third-order valence-electron chi connectivity index (χ3n) is 3.67. The van der Waals surface area contributed by atoms with Crippen LogP contribution in [0.2, 0.25) is 0 Å². The quantitative estimate of drug-likeness (QED) is 0.692. The van der Waals surface area contributed by atoms with Gasteiger partial charge in [-0.05, 0) is 30.5 Å². The van der Waals surface area contributed by atoms with Gasteiger partial charge in [-0.2, -0.15) is 0 Å². The number of Topliss-reactive ketones (excluding diaryl/α,β-unsaturated/α-hetero) is 1. The molecule has 0 aliphatic carbocycles. The van der Waals surface area contributed by atoms with E-state index >= 15 is 0 Å². The van der Waals surface area contributed by atoms with Gasteiger partial charge in [0, 0.05) is 17.9 Å². The van der Waals surface area contributed by atoms with Gasteiger partial charge >= 0.3 is 0 Å². The third-order valence-corrected chi connectivity index (χ3v) is 5.05. The molecule has 2 rings (SSSR count). The highest BCUT2D eigenvalue weighted by Gasteiger charge is 2.14. The molecule has 2 atom stereocenters. The molecule has 0 amide bonds. The summed E-state index contributed by atoms with van der Waals surface area (Å²) >= 11 is 0. The number of carbonyl (C=O) groups is 1. The zero-order valence-corrected chi connectivity index (χ0v) is 15.1. The molecule has 0 aromatic heterocycles. The van der Waals surface area contributed by atoms with E-state index in [2.05, 4.69) is 0 Å².